The van der Waals surface area contributed by atoms with Crippen LogP contribution in [0.4, 0.5) is 23.7 Å². The number of aromatic nitrogens is 1. The minimum absolute atomic E-state index is 0.00447. The number of nitrogens with one attached hydrogen (secondary N) is 1. The topological polar surface area (TPSA) is 112 Å². The number of pyridine rings is 1. The maximum Gasteiger partial charge on any atom is 0.501 e. The van der Waals surface area contributed by atoms with Gasteiger partial charge in [-0.2, -0.15) is 13.2 Å². The molecule has 2 aromatic rings. The predicted molar refractivity (Wildman–Crippen MR) is 114 cm³/mol. The van der Waals surface area contributed by atoms with Crippen LogP contribution in [-0.4, -0.2) is 60.2 Å². The number of sulfone groups is 1. The molecule has 1 aromatic carbocycles. The molecule has 1 aliphatic carbocycles. The lowest BCUT2D eigenvalue weighted by Gasteiger charge is -2.21. The van der Waals surface area contributed by atoms with Crippen LogP contribution in [0.25, 0.3) is 0 Å². The van der Waals surface area contributed by atoms with E-state index in [-0.39, 0.29) is 12.2 Å². The molecule has 3 amide bonds. The maximum atomic E-state index is 13.2. The zero-order valence-corrected chi connectivity index (χ0v) is 18.4. The average molecular weight is 493 g/mol. The first-order valence-electron chi connectivity index (χ1n) is 10.4. The highest BCUT2D eigenvalue weighted by Crippen LogP contribution is 2.49. The molecular weight excluding hydrogens is 475 g/mol. The highest BCUT2D eigenvalue weighted by Gasteiger charge is 2.65. The molecule has 0 atom stereocenters. The van der Waals surface area contributed by atoms with Gasteiger partial charge in [-0.05, 0) is 54.8 Å². The Morgan fingerprint density at radius 2 is 1.79 bits per heavy atom. The van der Waals surface area contributed by atoms with E-state index in [9.17, 15) is 31.2 Å². The standard InChI is InChI=1S/C21H18F3N5O4S/c22-21(23,24)34(32,33)15-3-1-14(2-4-15)29-18(30)20(6-7-20)28(19(29)31)12-13-5-8-25-16(11-13)17-26-9-10-27-17/h1-5,8,11H,6-7,9-10,12H2,(H,26,27). The number of hydrogen-bond acceptors (Lipinski definition) is 7. The third kappa shape index (κ3) is 3.42. The van der Waals surface area contributed by atoms with Gasteiger partial charge in [0.1, 0.15) is 17.1 Å². The van der Waals surface area contributed by atoms with Gasteiger partial charge in [0, 0.05) is 19.3 Å². The van der Waals surface area contributed by atoms with Crippen LogP contribution in [0, 0.1) is 0 Å². The Bertz CT molecular complexity index is 1320. The number of halogens is 3. The Morgan fingerprint density at radius 3 is 2.38 bits per heavy atom. The summed E-state index contributed by atoms with van der Waals surface area (Å²) in [5.74, 6) is 0.169. The first kappa shape index (κ1) is 22.3. The van der Waals surface area contributed by atoms with Crippen LogP contribution in [0.1, 0.15) is 24.1 Å². The third-order valence-electron chi connectivity index (χ3n) is 6.06. The van der Waals surface area contributed by atoms with E-state index in [4.69, 9.17) is 0 Å². The molecule has 178 valence electrons. The van der Waals surface area contributed by atoms with Gasteiger partial charge < -0.3 is 10.2 Å². The molecule has 9 nitrogen and oxygen atoms in total. The molecule has 5 rings (SSSR count). The van der Waals surface area contributed by atoms with Crippen molar-refractivity contribution in [3.8, 4) is 0 Å². The number of rotatable bonds is 5. The van der Waals surface area contributed by atoms with Gasteiger partial charge in [0.15, 0.2) is 0 Å². The summed E-state index contributed by atoms with van der Waals surface area (Å²) in [6.45, 7) is 1.48. The first-order valence-corrected chi connectivity index (χ1v) is 11.8. The summed E-state index contributed by atoms with van der Waals surface area (Å²) in [6, 6.07) is 6.43. The summed E-state index contributed by atoms with van der Waals surface area (Å²) in [7, 11) is -5.54. The lowest BCUT2D eigenvalue weighted by atomic mass is 10.1. The molecule has 1 saturated heterocycles. The zero-order chi connectivity index (χ0) is 24.3. The molecule has 3 heterocycles. The van der Waals surface area contributed by atoms with E-state index in [1.807, 2.05) is 0 Å². The van der Waals surface area contributed by atoms with Gasteiger partial charge in [0.25, 0.3) is 15.7 Å². The van der Waals surface area contributed by atoms with E-state index in [0.29, 0.717) is 37.5 Å². The fourth-order valence-corrected chi connectivity index (χ4v) is 4.89. The minimum atomic E-state index is -5.54. The maximum absolute atomic E-state index is 13.2. The Labute approximate surface area is 192 Å². The van der Waals surface area contributed by atoms with Crippen LogP contribution in [0.2, 0.25) is 0 Å². The van der Waals surface area contributed by atoms with Crippen LogP contribution in [-0.2, 0) is 21.2 Å². The molecule has 1 spiro atoms. The summed E-state index contributed by atoms with van der Waals surface area (Å²) >= 11 is 0. The number of aliphatic imine (C=N–C) groups is 1. The second-order valence-electron chi connectivity index (χ2n) is 8.19. The number of imide groups is 1. The molecule has 0 radical (unpaired) electrons. The molecule has 2 fully saturated rings. The molecule has 13 heteroatoms. The van der Waals surface area contributed by atoms with E-state index in [0.717, 1.165) is 34.7 Å². The Kier molecular flexibility index (Phi) is 4.93. The number of amidine groups is 1. The van der Waals surface area contributed by atoms with Crippen molar-refractivity contribution in [2.45, 2.75) is 35.3 Å². The molecular formula is C21H18F3N5O4S. The van der Waals surface area contributed by atoms with Gasteiger partial charge >= 0.3 is 11.5 Å². The second-order valence-corrected chi connectivity index (χ2v) is 10.1. The van der Waals surface area contributed by atoms with Crippen LogP contribution in [0.15, 0.2) is 52.5 Å². The number of anilines is 1. The number of amides is 3. The lowest BCUT2D eigenvalue weighted by Crippen LogP contribution is -2.36. The number of benzene rings is 1. The van der Waals surface area contributed by atoms with E-state index in [1.54, 1.807) is 18.3 Å². The van der Waals surface area contributed by atoms with Crippen molar-refractivity contribution >= 4 is 33.3 Å². The molecule has 3 aliphatic rings. The van der Waals surface area contributed by atoms with E-state index in [1.165, 1.54) is 4.90 Å². The monoisotopic (exact) mass is 493 g/mol. The predicted octanol–water partition coefficient (Wildman–Crippen LogP) is 2.23. The molecule has 1 N–H and O–H groups in total. The van der Waals surface area contributed by atoms with Gasteiger partial charge in [0.05, 0.1) is 17.1 Å². The van der Waals surface area contributed by atoms with Crippen LogP contribution in [0.5, 0.6) is 0 Å². The molecule has 34 heavy (non-hydrogen) atoms. The highest BCUT2D eigenvalue weighted by molar-refractivity contribution is 7.92. The van der Waals surface area contributed by atoms with Crippen molar-refractivity contribution in [1.29, 1.82) is 0 Å². The van der Waals surface area contributed by atoms with Gasteiger partial charge in [-0.3, -0.25) is 14.8 Å². The molecule has 2 aliphatic heterocycles. The van der Waals surface area contributed by atoms with Crippen molar-refractivity contribution in [2.75, 3.05) is 18.0 Å². The Hall–Kier alpha value is -3.48. The third-order valence-corrected chi connectivity index (χ3v) is 7.56. The highest BCUT2D eigenvalue weighted by atomic mass is 32.2. The second kappa shape index (κ2) is 7.52. The number of urea groups is 1. The quantitative estimate of drug-likeness (QED) is 0.640. The Morgan fingerprint density at radius 1 is 1.09 bits per heavy atom. The van der Waals surface area contributed by atoms with Crippen molar-refractivity contribution in [3.05, 3.63) is 53.9 Å². The number of nitrogens with zero attached hydrogens (tertiary/aromatic N) is 4. The van der Waals surface area contributed by atoms with E-state index >= 15 is 0 Å². The summed E-state index contributed by atoms with van der Waals surface area (Å²) in [4.78, 5) is 36.4. The largest absolute Gasteiger partial charge is 0.501 e. The fraction of sp³-hybridized carbons (Fsp3) is 0.333. The van der Waals surface area contributed by atoms with Crippen molar-refractivity contribution < 1.29 is 31.2 Å². The number of hydrogen-bond donors (Lipinski definition) is 1. The molecule has 0 unspecified atom stereocenters. The summed E-state index contributed by atoms with van der Waals surface area (Å²) < 4.78 is 61.6. The molecule has 1 aromatic heterocycles. The first-order chi connectivity index (χ1) is 16.0. The lowest BCUT2D eigenvalue weighted by molar-refractivity contribution is -0.120. The smallest absolute Gasteiger partial charge is 0.367 e. The van der Waals surface area contributed by atoms with Crippen LogP contribution >= 0.6 is 0 Å². The summed E-state index contributed by atoms with van der Waals surface area (Å²) in [5.41, 5.74) is -5.10. The van der Waals surface area contributed by atoms with Gasteiger partial charge in [-0.1, -0.05) is 0 Å². The van der Waals surface area contributed by atoms with Gasteiger partial charge in [-0.25, -0.2) is 18.1 Å². The fourth-order valence-electron chi connectivity index (χ4n) is 4.13. The Balaban J connectivity index is 1.41. The van der Waals surface area contributed by atoms with Gasteiger partial charge in [0.2, 0.25) is 0 Å². The summed E-state index contributed by atoms with van der Waals surface area (Å²) in [6.07, 6.45) is 2.51. The zero-order valence-electron chi connectivity index (χ0n) is 17.5. The molecule has 1 saturated carbocycles. The number of carbonyl (C=O) groups is 2. The normalized spacial score (nSPS) is 19.6. The van der Waals surface area contributed by atoms with Crippen molar-refractivity contribution in [3.63, 3.8) is 0 Å². The molecule has 0 bridgehead atoms. The minimum Gasteiger partial charge on any atom is -0.367 e. The van der Waals surface area contributed by atoms with E-state index in [2.05, 4.69) is 15.3 Å². The number of alkyl halides is 3. The van der Waals surface area contributed by atoms with Crippen molar-refractivity contribution in [1.82, 2.24) is 15.2 Å². The van der Waals surface area contributed by atoms with Gasteiger partial charge in [-0.15, -0.1) is 0 Å². The summed E-state index contributed by atoms with van der Waals surface area (Å²) in [5, 5.41) is 3.12. The average Bonchev–Trinajstić information content (AvgIpc) is 3.35. The van der Waals surface area contributed by atoms with Crippen molar-refractivity contribution in [2.24, 2.45) is 4.99 Å². The van der Waals surface area contributed by atoms with Crippen LogP contribution < -0.4 is 10.2 Å². The number of carbonyl (C=O) groups excluding carboxylic acids is 2. The van der Waals surface area contributed by atoms with E-state index < -0.39 is 37.7 Å². The SMILES string of the molecule is O=C1N(c2ccc(S(=O)(=O)C(F)(F)F)cc2)C(=O)C2(CC2)N1Cc1ccnc(C2=NCCN2)c1. The van der Waals surface area contributed by atoms with Crippen LogP contribution in [0.3, 0.4) is 0 Å².